The van der Waals surface area contributed by atoms with Crippen molar-refractivity contribution in [3.63, 3.8) is 0 Å². The van der Waals surface area contributed by atoms with Crippen molar-refractivity contribution in [3.8, 4) is 5.75 Å². The van der Waals surface area contributed by atoms with E-state index < -0.39 is 11.5 Å². The zero-order chi connectivity index (χ0) is 10.7. The maximum atomic E-state index is 11.2. The molecule has 2 N–H and O–H groups in total. The van der Waals surface area contributed by atoms with Gasteiger partial charge in [0.05, 0.1) is 0 Å². The third-order valence-corrected chi connectivity index (χ3v) is 1.78. The molecule has 0 aromatic carbocycles. The van der Waals surface area contributed by atoms with Crippen molar-refractivity contribution in [3.05, 3.63) is 27.8 Å². The molecule has 14 heavy (non-hydrogen) atoms. The molecule has 0 saturated heterocycles. The number of carbonyl (C=O) groups excluding carboxylic acids is 1. The van der Waals surface area contributed by atoms with Crippen LogP contribution >= 0.6 is 0 Å². The number of amides is 1. The molecule has 0 aliphatic rings. The van der Waals surface area contributed by atoms with E-state index in [0.717, 1.165) is 0 Å². The Hall–Kier alpha value is -1.78. The highest BCUT2D eigenvalue weighted by atomic mass is 16.4. The van der Waals surface area contributed by atoms with Crippen LogP contribution in [0.15, 0.2) is 15.3 Å². The molecule has 0 unspecified atom stereocenters. The van der Waals surface area contributed by atoms with Gasteiger partial charge in [0.15, 0.2) is 5.56 Å². The largest absolute Gasteiger partial charge is 0.507 e. The van der Waals surface area contributed by atoms with Crippen LogP contribution in [0.25, 0.3) is 0 Å². The molecule has 76 valence electrons. The first-order valence-electron chi connectivity index (χ1n) is 4.18. The van der Waals surface area contributed by atoms with Gasteiger partial charge in [0.2, 0.25) is 0 Å². The van der Waals surface area contributed by atoms with Gasteiger partial charge in [-0.1, -0.05) is 6.92 Å². The predicted molar refractivity (Wildman–Crippen MR) is 49.4 cm³/mol. The van der Waals surface area contributed by atoms with Crippen molar-refractivity contribution in [2.75, 3.05) is 7.05 Å². The first kappa shape index (κ1) is 10.3. The summed E-state index contributed by atoms with van der Waals surface area (Å²) in [6.07, 6.45) is 0.483. The van der Waals surface area contributed by atoms with Gasteiger partial charge in [-0.15, -0.1) is 0 Å². The fourth-order valence-corrected chi connectivity index (χ4v) is 1.04. The van der Waals surface area contributed by atoms with E-state index in [2.05, 4.69) is 5.32 Å². The number of hydrogen-bond acceptors (Lipinski definition) is 4. The maximum absolute atomic E-state index is 11.2. The molecule has 1 aromatic heterocycles. The van der Waals surface area contributed by atoms with Crippen molar-refractivity contribution in [2.24, 2.45) is 0 Å². The summed E-state index contributed by atoms with van der Waals surface area (Å²) in [5.41, 5.74) is -1.18. The summed E-state index contributed by atoms with van der Waals surface area (Å²) in [5.74, 6) is -0.656. The predicted octanol–water partition coefficient (Wildman–Crippen LogP) is 0.267. The Balaban J connectivity index is 3.33. The van der Waals surface area contributed by atoms with Crippen LogP contribution in [0.3, 0.4) is 0 Å². The lowest BCUT2D eigenvalue weighted by molar-refractivity contribution is 0.0955. The Morgan fingerprint density at radius 2 is 2.29 bits per heavy atom. The lowest BCUT2D eigenvalue weighted by Crippen LogP contribution is -2.25. The van der Waals surface area contributed by atoms with Crippen LogP contribution in [-0.2, 0) is 6.42 Å². The van der Waals surface area contributed by atoms with Crippen molar-refractivity contribution in [2.45, 2.75) is 13.3 Å². The van der Waals surface area contributed by atoms with E-state index in [1.54, 1.807) is 6.92 Å². The first-order valence-corrected chi connectivity index (χ1v) is 4.18. The van der Waals surface area contributed by atoms with E-state index in [0.29, 0.717) is 12.2 Å². The van der Waals surface area contributed by atoms with Gasteiger partial charge in [-0.2, -0.15) is 0 Å². The second-order valence-corrected chi connectivity index (χ2v) is 2.69. The second-order valence-electron chi connectivity index (χ2n) is 2.69. The molecule has 5 heteroatoms. The molecule has 1 aromatic rings. The van der Waals surface area contributed by atoms with Crippen LogP contribution in [0.1, 0.15) is 23.0 Å². The normalized spacial score (nSPS) is 9.86. The molecular formula is C9H11NO4. The second kappa shape index (κ2) is 3.95. The number of aryl methyl sites for hydroxylation is 1. The summed E-state index contributed by atoms with van der Waals surface area (Å²) in [6, 6.07) is 1.27. The summed E-state index contributed by atoms with van der Waals surface area (Å²) in [5, 5.41) is 11.6. The summed E-state index contributed by atoms with van der Waals surface area (Å²) < 4.78 is 4.78. The Bertz CT molecular complexity index is 408. The third kappa shape index (κ3) is 1.76. The minimum atomic E-state index is -0.818. The molecule has 0 saturated carbocycles. The van der Waals surface area contributed by atoms with Crippen LogP contribution in [0.2, 0.25) is 0 Å². The Morgan fingerprint density at radius 1 is 1.64 bits per heavy atom. The molecule has 0 fully saturated rings. The van der Waals surface area contributed by atoms with Crippen LogP contribution < -0.4 is 10.9 Å². The smallest absolute Gasteiger partial charge is 0.352 e. The molecule has 5 nitrogen and oxygen atoms in total. The van der Waals surface area contributed by atoms with Crippen LogP contribution in [0.5, 0.6) is 5.75 Å². The van der Waals surface area contributed by atoms with E-state index in [-0.39, 0.29) is 11.3 Å². The highest BCUT2D eigenvalue weighted by molar-refractivity contribution is 5.96. The van der Waals surface area contributed by atoms with Crippen molar-refractivity contribution < 1.29 is 14.3 Å². The number of rotatable bonds is 2. The van der Waals surface area contributed by atoms with Gasteiger partial charge in [-0.05, 0) is 0 Å². The summed E-state index contributed by atoms with van der Waals surface area (Å²) in [6.45, 7) is 1.78. The van der Waals surface area contributed by atoms with E-state index in [1.165, 1.54) is 13.1 Å². The highest BCUT2D eigenvalue weighted by Crippen LogP contribution is 2.14. The zero-order valence-corrected chi connectivity index (χ0v) is 7.96. The van der Waals surface area contributed by atoms with Crippen LogP contribution in [0.4, 0.5) is 0 Å². The topological polar surface area (TPSA) is 79.5 Å². The molecule has 0 aliphatic heterocycles. The van der Waals surface area contributed by atoms with Gasteiger partial charge < -0.3 is 14.8 Å². The number of nitrogens with one attached hydrogen (secondary N) is 1. The summed E-state index contributed by atoms with van der Waals surface area (Å²) >= 11 is 0. The fourth-order valence-electron chi connectivity index (χ4n) is 1.04. The lowest BCUT2D eigenvalue weighted by atomic mass is 10.2. The minimum Gasteiger partial charge on any atom is -0.507 e. The van der Waals surface area contributed by atoms with Crippen LogP contribution in [0, 0.1) is 0 Å². The molecule has 0 radical (unpaired) electrons. The molecule has 0 atom stereocenters. The molecule has 0 spiro atoms. The Morgan fingerprint density at radius 3 is 2.71 bits per heavy atom. The fraction of sp³-hybridized carbons (Fsp3) is 0.333. The average Bonchev–Trinajstić information content (AvgIpc) is 2.16. The standard InChI is InChI=1S/C9H11NO4/c1-3-5-4-6(11)7(8(12)10-2)9(13)14-5/h4,11H,3H2,1-2H3,(H,10,12). The molecule has 1 rings (SSSR count). The van der Waals surface area contributed by atoms with Gasteiger partial charge in [0.1, 0.15) is 11.5 Å². The Kier molecular flexibility index (Phi) is 2.91. The van der Waals surface area contributed by atoms with Crippen LogP contribution in [-0.4, -0.2) is 18.1 Å². The number of aromatic hydroxyl groups is 1. The van der Waals surface area contributed by atoms with Gasteiger partial charge >= 0.3 is 5.63 Å². The van der Waals surface area contributed by atoms with Gasteiger partial charge in [0, 0.05) is 19.5 Å². The third-order valence-electron chi connectivity index (χ3n) is 1.78. The number of carbonyl (C=O) groups is 1. The van der Waals surface area contributed by atoms with Gasteiger partial charge in [-0.25, -0.2) is 4.79 Å². The summed E-state index contributed by atoms with van der Waals surface area (Å²) in [4.78, 5) is 22.4. The van der Waals surface area contributed by atoms with E-state index in [1.807, 2.05) is 0 Å². The van der Waals surface area contributed by atoms with E-state index >= 15 is 0 Å². The average molecular weight is 197 g/mol. The SMILES string of the molecule is CCc1cc(O)c(C(=O)NC)c(=O)o1. The molecule has 0 bridgehead atoms. The molecule has 1 heterocycles. The first-order chi connectivity index (χ1) is 6.60. The number of hydrogen-bond donors (Lipinski definition) is 2. The maximum Gasteiger partial charge on any atom is 0.352 e. The zero-order valence-electron chi connectivity index (χ0n) is 7.96. The molecular weight excluding hydrogens is 186 g/mol. The monoisotopic (exact) mass is 197 g/mol. The van der Waals surface area contributed by atoms with Gasteiger partial charge in [-0.3, -0.25) is 4.79 Å². The van der Waals surface area contributed by atoms with Crippen molar-refractivity contribution in [1.29, 1.82) is 0 Å². The lowest BCUT2D eigenvalue weighted by Gasteiger charge is -2.02. The van der Waals surface area contributed by atoms with Crippen molar-refractivity contribution >= 4 is 5.91 Å². The van der Waals surface area contributed by atoms with E-state index in [4.69, 9.17) is 4.42 Å². The molecule has 1 amide bonds. The van der Waals surface area contributed by atoms with Crippen molar-refractivity contribution in [1.82, 2.24) is 5.32 Å². The minimum absolute atomic E-state index is 0.347. The molecule has 0 aliphatic carbocycles. The highest BCUT2D eigenvalue weighted by Gasteiger charge is 2.16. The van der Waals surface area contributed by atoms with E-state index in [9.17, 15) is 14.7 Å². The summed E-state index contributed by atoms with van der Waals surface area (Å²) in [7, 11) is 1.37. The Labute approximate surface area is 80.4 Å². The quantitative estimate of drug-likeness (QED) is 0.713. The van der Waals surface area contributed by atoms with Gasteiger partial charge in [0.25, 0.3) is 5.91 Å².